The van der Waals surface area contributed by atoms with Gasteiger partial charge in [0.05, 0.1) is 0 Å². The molecule has 0 bridgehead atoms. The Morgan fingerprint density at radius 1 is 1.17 bits per heavy atom. The first kappa shape index (κ1) is 9.85. The van der Waals surface area contributed by atoms with Crippen molar-refractivity contribution in [2.24, 2.45) is 0 Å². The zero-order chi connectivity index (χ0) is 4.12. The number of hydrogen-bond acceptors (Lipinski definition) is 0. The maximum Gasteiger partial charge on any atom is 0 e. The van der Waals surface area contributed by atoms with E-state index in [1.54, 1.807) is 0 Å². The van der Waals surface area contributed by atoms with Crippen LogP contribution in [0.4, 0.5) is 0 Å². The SMILES string of the molecule is CC[CH]CC.[Pt]. The molecular weight excluding hydrogens is 255 g/mol. The molecule has 0 saturated carbocycles. The van der Waals surface area contributed by atoms with Crippen LogP contribution in [0.15, 0.2) is 0 Å². The molecule has 0 atom stereocenters. The molecule has 0 aromatic carbocycles. The molecule has 0 unspecified atom stereocenters. The van der Waals surface area contributed by atoms with Gasteiger partial charge in [-0.05, 0) is 6.42 Å². The van der Waals surface area contributed by atoms with E-state index >= 15 is 0 Å². The Morgan fingerprint density at radius 3 is 1.50 bits per heavy atom. The summed E-state index contributed by atoms with van der Waals surface area (Å²) in [6, 6.07) is 0. The van der Waals surface area contributed by atoms with Gasteiger partial charge in [-0.15, -0.1) is 0 Å². The summed E-state index contributed by atoms with van der Waals surface area (Å²) < 4.78 is 0. The largest absolute Gasteiger partial charge is 0.0651 e. The van der Waals surface area contributed by atoms with Crippen molar-refractivity contribution in [3.05, 3.63) is 6.42 Å². The minimum atomic E-state index is 0. The molecule has 0 aliphatic heterocycles. The van der Waals surface area contributed by atoms with Crippen LogP contribution >= 0.6 is 0 Å². The molecule has 0 fully saturated rings. The van der Waals surface area contributed by atoms with Crippen molar-refractivity contribution in [2.75, 3.05) is 0 Å². The predicted molar refractivity (Wildman–Crippen MR) is 24.9 cm³/mol. The molecule has 0 nitrogen and oxygen atoms in total. The summed E-state index contributed by atoms with van der Waals surface area (Å²) >= 11 is 0. The molecule has 0 aliphatic carbocycles. The Bertz CT molecular complexity index is 11.4. The molecule has 0 rings (SSSR count). The second kappa shape index (κ2) is 9.19. The van der Waals surface area contributed by atoms with Gasteiger partial charge in [-0.3, -0.25) is 0 Å². The molecular formula is C5H11Pt. The first-order valence-corrected chi connectivity index (χ1v) is 2.23. The van der Waals surface area contributed by atoms with Crippen molar-refractivity contribution in [3.8, 4) is 0 Å². The fourth-order valence-corrected chi connectivity index (χ4v) is 0.289. The summed E-state index contributed by atoms with van der Waals surface area (Å²) in [5.41, 5.74) is 0. The van der Waals surface area contributed by atoms with E-state index in [1.165, 1.54) is 12.8 Å². The first-order valence-electron chi connectivity index (χ1n) is 2.23. The van der Waals surface area contributed by atoms with Crippen molar-refractivity contribution in [1.29, 1.82) is 0 Å². The topological polar surface area (TPSA) is 0 Å². The second-order valence-electron chi connectivity index (χ2n) is 1.11. The fraction of sp³-hybridized carbons (Fsp3) is 0.800. The Morgan fingerprint density at radius 2 is 1.50 bits per heavy atom. The van der Waals surface area contributed by atoms with Crippen LogP contribution in [0.3, 0.4) is 0 Å². The monoisotopic (exact) mass is 266 g/mol. The molecule has 0 aliphatic rings. The van der Waals surface area contributed by atoms with Crippen LogP contribution in [-0.4, -0.2) is 0 Å². The van der Waals surface area contributed by atoms with Gasteiger partial charge in [0.25, 0.3) is 0 Å². The molecule has 1 heteroatoms. The number of unbranched alkanes of at least 4 members (excludes halogenated alkanes) is 2. The van der Waals surface area contributed by atoms with E-state index in [0.29, 0.717) is 0 Å². The third-order valence-corrected chi connectivity index (χ3v) is 0.577. The number of rotatable bonds is 2. The van der Waals surface area contributed by atoms with Crippen LogP contribution in [0.1, 0.15) is 26.7 Å². The third-order valence-electron chi connectivity index (χ3n) is 0.577. The quantitative estimate of drug-likeness (QED) is 0.717. The van der Waals surface area contributed by atoms with Crippen molar-refractivity contribution >= 4 is 0 Å². The van der Waals surface area contributed by atoms with Crippen molar-refractivity contribution in [2.45, 2.75) is 26.7 Å². The van der Waals surface area contributed by atoms with Crippen LogP contribution < -0.4 is 0 Å². The van der Waals surface area contributed by atoms with Gasteiger partial charge in [0.1, 0.15) is 0 Å². The van der Waals surface area contributed by atoms with Gasteiger partial charge >= 0.3 is 0 Å². The Hall–Kier alpha value is 0.688. The zero-order valence-corrected chi connectivity index (χ0v) is 6.58. The van der Waals surface area contributed by atoms with Gasteiger partial charge < -0.3 is 0 Å². The molecule has 0 spiro atoms. The molecule has 1 radical (unpaired) electrons. The van der Waals surface area contributed by atoms with Gasteiger partial charge in [-0.1, -0.05) is 26.7 Å². The summed E-state index contributed by atoms with van der Waals surface area (Å²) in [5.74, 6) is 0. The Balaban J connectivity index is 0. The fourth-order valence-electron chi connectivity index (χ4n) is 0.289. The van der Waals surface area contributed by atoms with Crippen LogP contribution in [0.5, 0.6) is 0 Å². The van der Waals surface area contributed by atoms with Gasteiger partial charge in [-0.25, -0.2) is 0 Å². The molecule has 0 saturated heterocycles. The number of hydrogen-bond donors (Lipinski definition) is 0. The van der Waals surface area contributed by atoms with Gasteiger partial charge in [0.2, 0.25) is 0 Å². The molecule has 0 aromatic heterocycles. The molecule has 41 valence electrons. The first-order chi connectivity index (χ1) is 2.41. The van der Waals surface area contributed by atoms with E-state index in [-0.39, 0.29) is 21.1 Å². The van der Waals surface area contributed by atoms with E-state index in [9.17, 15) is 0 Å². The van der Waals surface area contributed by atoms with E-state index < -0.39 is 0 Å². The maximum atomic E-state index is 2.25. The van der Waals surface area contributed by atoms with Gasteiger partial charge in [-0.2, -0.15) is 0 Å². The van der Waals surface area contributed by atoms with Crippen LogP contribution in [0.25, 0.3) is 0 Å². The Kier molecular flexibility index (Phi) is 15.1. The summed E-state index contributed by atoms with van der Waals surface area (Å²) in [6.07, 6.45) is 4.69. The Labute approximate surface area is 54.6 Å². The van der Waals surface area contributed by atoms with Crippen molar-refractivity contribution < 1.29 is 21.1 Å². The summed E-state index contributed by atoms with van der Waals surface area (Å²) in [7, 11) is 0. The minimum absolute atomic E-state index is 0. The average molecular weight is 266 g/mol. The summed E-state index contributed by atoms with van der Waals surface area (Å²) in [5, 5.41) is 0. The normalized spacial score (nSPS) is 7.00. The zero-order valence-electron chi connectivity index (χ0n) is 4.31. The van der Waals surface area contributed by atoms with Gasteiger partial charge in [0.15, 0.2) is 0 Å². The smallest absolute Gasteiger partial charge is 0 e. The van der Waals surface area contributed by atoms with Crippen LogP contribution in [0, 0.1) is 6.42 Å². The predicted octanol–water partition coefficient (Wildman–Crippen LogP) is 2.01. The molecule has 6 heavy (non-hydrogen) atoms. The maximum absolute atomic E-state index is 2.25. The molecule has 0 amide bonds. The van der Waals surface area contributed by atoms with Gasteiger partial charge in [0, 0.05) is 21.1 Å². The second-order valence-corrected chi connectivity index (χ2v) is 1.11. The van der Waals surface area contributed by atoms with E-state index in [1.807, 2.05) is 0 Å². The molecule has 0 N–H and O–H groups in total. The van der Waals surface area contributed by atoms with E-state index in [4.69, 9.17) is 0 Å². The summed E-state index contributed by atoms with van der Waals surface area (Å²) in [6.45, 7) is 4.31. The third kappa shape index (κ3) is 8.82. The summed E-state index contributed by atoms with van der Waals surface area (Å²) in [4.78, 5) is 0. The van der Waals surface area contributed by atoms with E-state index in [0.717, 1.165) is 0 Å². The average Bonchev–Trinajstić information content (AvgIpc) is 1.41. The minimum Gasteiger partial charge on any atom is -0.0651 e. The molecule has 0 heterocycles. The van der Waals surface area contributed by atoms with E-state index in [2.05, 4.69) is 20.3 Å². The standard InChI is InChI=1S/C5H11.Pt/c1-3-5-4-2;/h5H,3-4H2,1-2H3;. The van der Waals surface area contributed by atoms with Crippen LogP contribution in [-0.2, 0) is 21.1 Å². The van der Waals surface area contributed by atoms with Crippen molar-refractivity contribution in [1.82, 2.24) is 0 Å². The van der Waals surface area contributed by atoms with Crippen molar-refractivity contribution in [3.63, 3.8) is 0 Å². The molecule has 0 aromatic rings. The van der Waals surface area contributed by atoms with Crippen LogP contribution in [0.2, 0.25) is 0 Å².